The second kappa shape index (κ2) is 8.85. The van der Waals surface area contributed by atoms with Crippen LogP contribution in [0, 0.1) is 6.92 Å². The monoisotopic (exact) mass is 366 g/mol. The van der Waals surface area contributed by atoms with Crippen LogP contribution in [0.5, 0.6) is 0 Å². The largest absolute Gasteiger partial charge is 0.350 e. The Morgan fingerprint density at radius 2 is 1.63 bits per heavy atom. The Kier molecular flexibility index (Phi) is 6.78. The summed E-state index contributed by atoms with van der Waals surface area (Å²) in [6, 6.07) is 17.1. The molecule has 1 atom stereocenters. The van der Waals surface area contributed by atoms with E-state index in [0.29, 0.717) is 6.54 Å². The lowest BCUT2D eigenvalue weighted by molar-refractivity contribution is -0.140. The third-order valence-electron chi connectivity index (χ3n) is 4.30. The van der Waals surface area contributed by atoms with Gasteiger partial charge in [0.2, 0.25) is 11.8 Å². The number of carbonyl (C=O) groups is 2. The van der Waals surface area contributed by atoms with Crippen molar-refractivity contribution in [3.63, 3.8) is 0 Å². The molecular formula is C23H30N2O2. The van der Waals surface area contributed by atoms with Gasteiger partial charge in [0.1, 0.15) is 6.04 Å². The summed E-state index contributed by atoms with van der Waals surface area (Å²) in [5.74, 6) is -0.197. The van der Waals surface area contributed by atoms with Crippen molar-refractivity contribution in [2.24, 2.45) is 0 Å². The molecule has 2 aromatic rings. The van der Waals surface area contributed by atoms with Crippen LogP contribution in [0.3, 0.4) is 0 Å². The summed E-state index contributed by atoms with van der Waals surface area (Å²) in [6.07, 6.45) is 0.279. The Morgan fingerprint density at radius 1 is 1.00 bits per heavy atom. The van der Waals surface area contributed by atoms with Gasteiger partial charge in [-0.25, -0.2) is 0 Å². The zero-order valence-corrected chi connectivity index (χ0v) is 17.0. The van der Waals surface area contributed by atoms with Crippen molar-refractivity contribution < 1.29 is 9.59 Å². The third-order valence-corrected chi connectivity index (χ3v) is 4.30. The minimum Gasteiger partial charge on any atom is -0.350 e. The Hall–Kier alpha value is -2.62. The van der Waals surface area contributed by atoms with Crippen LogP contribution >= 0.6 is 0 Å². The summed E-state index contributed by atoms with van der Waals surface area (Å²) in [7, 11) is 0. The van der Waals surface area contributed by atoms with E-state index in [0.717, 1.165) is 16.7 Å². The molecule has 2 rings (SSSR count). The van der Waals surface area contributed by atoms with Crippen molar-refractivity contribution >= 4 is 11.8 Å². The molecule has 2 aromatic carbocycles. The van der Waals surface area contributed by atoms with Crippen LogP contribution in [0.25, 0.3) is 0 Å². The first-order chi connectivity index (χ1) is 12.7. The van der Waals surface area contributed by atoms with E-state index in [4.69, 9.17) is 0 Å². The van der Waals surface area contributed by atoms with E-state index in [-0.39, 0.29) is 23.8 Å². The lowest BCUT2D eigenvalue weighted by atomic mass is 10.1. The molecule has 0 aliphatic heterocycles. The SMILES string of the molecule is Cc1cccc(CC(=O)N(Cc2ccccc2)[C@@H](C)C(=O)NC(C)(C)C)c1. The van der Waals surface area contributed by atoms with E-state index in [1.54, 1.807) is 11.8 Å². The fraction of sp³-hybridized carbons (Fsp3) is 0.391. The number of hydrogen-bond acceptors (Lipinski definition) is 2. The average Bonchev–Trinajstić information content (AvgIpc) is 2.58. The molecule has 0 radical (unpaired) electrons. The van der Waals surface area contributed by atoms with Crippen LogP contribution in [0.4, 0.5) is 0 Å². The Balaban J connectivity index is 2.22. The first-order valence-electron chi connectivity index (χ1n) is 9.37. The first kappa shape index (κ1) is 20.7. The van der Waals surface area contributed by atoms with E-state index in [1.807, 2.05) is 82.3 Å². The normalized spacial score (nSPS) is 12.3. The molecule has 4 heteroatoms. The zero-order chi connectivity index (χ0) is 20.0. The molecule has 0 saturated carbocycles. The van der Waals surface area contributed by atoms with Gasteiger partial charge in [-0.05, 0) is 45.7 Å². The summed E-state index contributed by atoms with van der Waals surface area (Å²) < 4.78 is 0. The second-order valence-electron chi connectivity index (χ2n) is 8.09. The van der Waals surface area contributed by atoms with Crippen molar-refractivity contribution in [1.29, 1.82) is 0 Å². The van der Waals surface area contributed by atoms with E-state index in [1.165, 1.54) is 0 Å². The molecule has 1 N–H and O–H groups in total. The molecule has 0 saturated heterocycles. The van der Waals surface area contributed by atoms with Crippen LogP contribution in [-0.4, -0.2) is 28.3 Å². The summed E-state index contributed by atoms with van der Waals surface area (Å²) >= 11 is 0. The van der Waals surface area contributed by atoms with Crippen LogP contribution < -0.4 is 5.32 Å². The minimum absolute atomic E-state index is 0.0546. The molecule has 27 heavy (non-hydrogen) atoms. The quantitative estimate of drug-likeness (QED) is 0.844. The summed E-state index contributed by atoms with van der Waals surface area (Å²) in [5, 5.41) is 2.98. The van der Waals surface area contributed by atoms with Gasteiger partial charge in [-0.1, -0.05) is 60.2 Å². The van der Waals surface area contributed by atoms with Crippen LogP contribution in [0.2, 0.25) is 0 Å². The first-order valence-corrected chi connectivity index (χ1v) is 9.37. The molecule has 0 spiro atoms. The van der Waals surface area contributed by atoms with Gasteiger partial charge in [-0.15, -0.1) is 0 Å². The fourth-order valence-corrected chi connectivity index (χ4v) is 2.94. The Bertz CT molecular complexity index is 778. The summed E-state index contributed by atoms with van der Waals surface area (Å²) in [5.41, 5.74) is 2.74. The number of nitrogens with zero attached hydrogens (tertiary/aromatic N) is 1. The van der Waals surface area contributed by atoms with Gasteiger partial charge in [0.25, 0.3) is 0 Å². The highest BCUT2D eigenvalue weighted by Gasteiger charge is 2.28. The molecule has 0 unspecified atom stereocenters. The molecule has 2 amide bonds. The topological polar surface area (TPSA) is 49.4 Å². The third kappa shape index (κ3) is 6.55. The van der Waals surface area contributed by atoms with Gasteiger partial charge in [0, 0.05) is 12.1 Å². The fourth-order valence-electron chi connectivity index (χ4n) is 2.94. The number of carbonyl (C=O) groups excluding carboxylic acids is 2. The molecule has 0 aliphatic rings. The number of benzene rings is 2. The summed E-state index contributed by atoms with van der Waals surface area (Å²) in [6.45, 7) is 10.0. The molecular weight excluding hydrogens is 336 g/mol. The van der Waals surface area contributed by atoms with E-state index >= 15 is 0 Å². The molecule has 4 nitrogen and oxygen atoms in total. The predicted octanol–water partition coefficient (Wildman–Crippen LogP) is 3.87. The smallest absolute Gasteiger partial charge is 0.242 e. The van der Waals surface area contributed by atoms with Crippen molar-refractivity contribution in [2.75, 3.05) is 0 Å². The van der Waals surface area contributed by atoms with Crippen molar-refractivity contribution in [1.82, 2.24) is 10.2 Å². The standard InChI is InChI=1S/C23H30N2O2/c1-17-10-9-13-20(14-17)15-21(26)25(16-19-11-7-6-8-12-19)18(2)22(27)24-23(3,4)5/h6-14,18H,15-16H2,1-5H3,(H,24,27)/t18-/m0/s1. The molecule has 0 heterocycles. The highest BCUT2D eigenvalue weighted by molar-refractivity contribution is 5.88. The lowest BCUT2D eigenvalue weighted by Gasteiger charge is -2.31. The van der Waals surface area contributed by atoms with E-state index in [9.17, 15) is 9.59 Å². The molecule has 0 bridgehead atoms. The van der Waals surface area contributed by atoms with E-state index < -0.39 is 6.04 Å². The second-order valence-corrected chi connectivity index (χ2v) is 8.09. The Labute approximate surface area is 162 Å². The molecule has 0 aromatic heterocycles. The number of amides is 2. The Morgan fingerprint density at radius 3 is 2.22 bits per heavy atom. The molecule has 0 fully saturated rings. The number of hydrogen-bond donors (Lipinski definition) is 1. The van der Waals surface area contributed by atoms with Crippen LogP contribution in [0.1, 0.15) is 44.4 Å². The maximum absolute atomic E-state index is 13.1. The van der Waals surface area contributed by atoms with Crippen molar-refractivity contribution in [2.45, 2.75) is 59.2 Å². The minimum atomic E-state index is -0.554. The lowest BCUT2D eigenvalue weighted by Crippen LogP contribution is -2.52. The van der Waals surface area contributed by atoms with Gasteiger partial charge in [0.05, 0.1) is 6.42 Å². The average molecular weight is 367 g/mol. The van der Waals surface area contributed by atoms with Crippen LogP contribution in [-0.2, 0) is 22.6 Å². The molecule has 0 aliphatic carbocycles. The van der Waals surface area contributed by atoms with Gasteiger partial charge in [0.15, 0.2) is 0 Å². The van der Waals surface area contributed by atoms with Crippen molar-refractivity contribution in [3.05, 3.63) is 71.3 Å². The number of rotatable bonds is 6. The van der Waals surface area contributed by atoms with Gasteiger partial charge in [-0.2, -0.15) is 0 Å². The highest BCUT2D eigenvalue weighted by atomic mass is 16.2. The maximum atomic E-state index is 13.1. The van der Waals surface area contributed by atoms with Crippen LogP contribution in [0.15, 0.2) is 54.6 Å². The molecule has 144 valence electrons. The van der Waals surface area contributed by atoms with Gasteiger partial charge in [-0.3, -0.25) is 9.59 Å². The predicted molar refractivity (Wildman–Crippen MR) is 109 cm³/mol. The summed E-state index contributed by atoms with van der Waals surface area (Å²) in [4.78, 5) is 27.4. The van der Waals surface area contributed by atoms with Gasteiger partial charge >= 0.3 is 0 Å². The highest BCUT2D eigenvalue weighted by Crippen LogP contribution is 2.14. The number of nitrogens with one attached hydrogen (secondary N) is 1. The van der Waals surface area contributed by atoms with Gasteiger partial charge < -0.3 is 10.2 Å². The maximum Gasteiger partial charge on any atom is 0.242 e. The zero-order valence-electron chi connectivity index (χ0n) is 17.0. The van der Waals surface area contributed by atoms with E-state index in [2.05, 4.69) is 5.32 Å². The number of aryl methyl sites for hydroxylation is 1. The van der Waals surface area contributed by atoms with Crippen molar-refractivity contribution in [3.8, 4) is 0 Å².